The van der Waals surface area contributed by atoms with E-state index in [1.54, 1.807) is 7.11 Å². The van der Waals surface area contributed by atoms with Crippen LogP contribution in [0.25, 0.3) is 0 Å². The highest BCUT2D eigenvalue weighted by Gasteiger charge is 2.19. The van der Waals surface area contributed by atoms with Gasteiger partial charge in [0.15, 0.2) is 0 Å². The summed E-state index contributed by atoms with van der Waals surface area (Å²) in [7, 11) is 1.70. The highest BCUT2D eigenvalue weighted by atomic mass is 16.5. The maximum absolute atomic E-state index is 8.87. The largest absolute Gasteiger partial charge is 0.497 e. The lowest BCUT2D eigenvalue weighted by atomic mass is 10.0. The maximum Gasteiger partial charge on any atom is 0.119 e. The molecule has 4 nitrogen and oxygen atoms in total. The first kappa shape index (κ1) is 14.3. The third-order valence-electron chi connectivity index (χ3n) is 3.59. The van der Waals surface area contributed by atoms with Gasteiger partial charge in [0, 0.05) is 25.7 Å². The molecule has 1 unspecified atom stereocenters. The Morgan fingerprint density at radius 3 is 3.16 bits per heavy atom. The van der Waals surface area contributed by atoms with Crippen LogP contribution in [-0.2, 0) is 6.54 Å². The number of likely N-dealkylation sites (tertiary alicyclic amines) is 1. The number of nitrogens with one attached hydrogen (secondary N) is 1. The van der Waals surface area contributed by atoms with Crippen LogP contribution in [0.1, 0.15) is 18.4 Å². The smallest absolute Gasteiger partial charge is 0.119 e. The Bertz CT molecular complexity index is 384. The first-order chi connectivity index (χ1) is 9.31. The minimum absolute atomic E-state index is 0.215. The van der Waals surface area contributed by atoms with Gasteiger partial charge in [-0.3, -0.25) is 4.90 Å². The van der Waals surface area contributed by atoms with Gasteiger partial charge in [-0.25, -0.2) is 0 Å². The van der Waals surface area contributed by atoms with Crippen LogP contribution < -0.4 is 10.1 Å². The van der Waals surface area contributed by atoms with Gasteiger partial charge in [0.2, 0.25) is 0 Å². The molecule has 4 heteroatoms. The van der Waals surface area contributed by atoms with Gasteiger partial charge in [0.25, 0.3) is 0 Å². The first-order valence-corrected chi connectivity index (χ1v) is 7.01. The lowest BCUT2D eigenvalue weighted by molar-refractivity contribution is 0.176. The fraction of sp³-hybridized carbons (Fsp3) is 0.600. The van der Waals surface area contributed by atoms with E-state index in [0.717, 1.165) is 25.4 Å². The fourth-order valence-electron chi connectivity index (χ4n) is 2.66. The molecule has 0 bridgehead atoms. The number of ether oxygens (including phenoxy) is 1. The number of aliphatic hydroxyl groups is 1. The molecule has 2 rings (SSSR count). The number of piperidine rings is 1. The van der Waals surface area contributed by atoms with Crippen molar-refractivity contribution in [1.82, 2.24) is 10.2 Å². The van der Waals surface area contributed by atoms with E-state index in [2.05, 4.69) is 22.3 Å². The van der Waals surface area contributed by atoms with Crippen molar-refractivity contribution in [3.05, 3.63) is 29.8 Å². The molecule has 0 aromatic heterocycles. The Balaban J connectivity index is 1.87. The van der Waals surface area contributed by atoms with E-state index < -0.39 is 0 Å². The average molecular weight is 264 g/mol. The van der Waals surface area contributed by atoms with Gasteiger partial charge in [-0.05, 0) is 37.1 Å². The molecule has 0 radical (unpaired) electrons. The summed E-state index contributed by atoms with van der Waals surface area (Å²) in [6, 6.07) is 8.77. The molecular formula is C15H24N2O2. The van der Waals surface area contributed by atoms with Crippen molar-refractivity contribution in [2.75, 3.05) is 33.4 Å². The summed E-state index contributed by atoms with van der Waals surface area (Å²) in [6.45, 7) is 4.07. The number of nitrogens with zero attached hydrogens (tertiary/aromatic N) is 1. The highest BCUT2D eigenvalue weighted by molar-refractivity contribution is 5.28. The molecular weight excluding hydrogens is 240 g/mol. The number of hydrogen-bond acceptors (Lipinski definition) is 4. The molecule has 1 fully saturated rings. The van der Waals surface area contributed by atoms with E-state index >= 15 is 0 Å². The molecule has 0 amide bonds. The normalized spacial score (nSPS) is 20.4. The van der Waals surface area contributed by atoms with Crippen LogP contribution in [-0.4, -0.2) is 49.4 Å². The summed E-state index contributed by atoms with van der Waals surface area (Å²) in [5, 5.41) is 12.3. The van der Waals surface area contributed by atoms with Crippen molar-refractivity contribution in [3.8, 4) is 5.75 Å². The van der Waals surface area contributed by atoms with Gasteiger partial charge in [-0.2, -0.15) is 0 Å². The standard InChI is InChI=1S/C15H24N2O2/c1-19-15-6-2-4-13(10-15)11-17-8-3-5-14(12-17)16-7-9-18/h2,4,6,10,14,16,18H,3,5,7-9,11-12H2,1H3. The van der Waals surface area contributed by atoms with Crippen molar-refractivity contribution in [2.45, 2.75) is 25.4 Å². The molecule has 106 valence electrons. The van der Waals surface area contributed by atoms with E-state index in [1.165, 1.54) is 18.4 Å². The van der Waals surface area contributed by atoms with Gasteiger partial charge < -0.3 is 15.2 Å². The highest BCUT2D eigenvalue weighted by Crippen LogP contribution is 2.17. The first-order valence-electron chi connectivity index (χ1n) is 7.01. The lowest BCUT2D eigenvalue weighted by Crippen LogP contribution is -2.46. The molecule has 1 heterocycles. The quantitative estimate of drug-likeness (QED) is 0.811. The van der Waals surface area contributed by atoms with Crippen LogP contribution in [0.5, 0.6) is 5.75 Å². The lowest BCUT2D eigenvalue weighted by Gasteiger charge is -2.33. The van der Waals surface area contributed by atoms with E-state index in [-0.39, 0.29) is 6.61 Å². The third-order valence-corrected chi connectivity index (χ3v) is 3.59. The minimum Gasteiger partial charge on any atom is -0.497 e. The predicted molar refractivity (Wildman–Crippen MR) is 76.4 cm³/mol. The molecule has 0 aliphatic carbocycles. The van der Waals surface area contributed by atoms with Crippen molar-refractivity contribution in [2.24, 2.45) is 0 Å². The van der Waals surface area contributed by atoms with Crippen molar-refractivity contribution >= 4 is 0 Å². The summed E-state index contributed by atoms with van der Waals surface area (Å²) < 4.78 is 5.26. The van der Waals surface area contributed by atoms with Crippen LogP contribution in [0.3, 0.4) is 0 Å². The van der Waals surface area contributed by atoms with Gasteiger partial charge >= 0.3 is 0 Å². The zero-order valence-electron chi connectivity index (χ0n) is 11.6. The van der Waals surface area contributed by atoms with Crippen LogP contribution in [0.4, 0.5) is 0 Å². The second-order valence-corrected chi connectivity index (χ2v) is 5.10. The molecule has 19 heavy (non-hydrogen) atoms. The zero-order chi connectivity index (χ0) is 13.5. The van der Waals surface area contributed by atoms with Crippen LogP contribution in [0, 0.1) is 0 Å². The Kier molecular flexibility index (Phi) is 5.63. The Morgan fingerprint density at radius 1 is 1.47 bits per heavy atom. The number of methoxy groups -OCH3 is 1. The Hall–Kier alpha value is -1.10. The molecule has 1 aliphatic heterocycles. The van der Waals surface area contributed by atoms with Gasteiger partial charge in [-0.1, -0.05) is 12.1 Å². The molecule has 0 saturated carbocycles. The SMILES string of the molecule is COc1cccc(CN2CCCC(NCCO)C2)c1. The van der Waals surface area contributed by atoms with E-state index in [4.69, 9.17) is 9.84 Å². The molecule has 0 spiro atoms. The third kappa shape index (κ3) is 4.49. The number of aliphatic hydroxyl groups excluding tert-OH is 1. The van der Waals surface area contributed by atoms with E-state index in [1.807, 2.05) is 12.1 Å². The van der Waals surface area contributed by atoms with Gasteiger partial charge in [0.1, 0.15) is 5.75 Å². The predicted octanol–water partition coefficient (Wildman–Crippen LogP) is 1.24. The second kappa shape index (κ2) is 7.48. The molecule has 1 aliphatic rings. The molecule has 1 saturated heterocycles. The molecule has 1 aromatic carbocycles. The Labute approximate surface area is 115 Å². The number of hydrogen-bond donors (Lipinski definition) is 2. The van der Waals surface area contributed by atoms with Gasteiger partial charge in [-0.15, -0.1) is 0 Å². The van der Waals surface area contributed by atoms with E-state index in [0.29, 0.717) is 12.6 Å². The molecule has 1 atom stereocenters. The maximum atomic E-state index is 8.87. The molecule has 1 aromatic rings. The fourth-order valence-corrected chi connectivity index (χ4v) is 2.66. The molecule has 2 N–H and O–H groups in total. The second-order valence-electron chi connectivity index (χ2n) is 5.10. The summed E-state index contributed by atoms with van der Waals surface area (Å²) in [5.41, 5.74) is 1.29. The Morgan fingerprint density at radius 2 is 2.37 bits per heavy atom. The summed E-state index contributed by atoms with van der Waals surface area (Å²) in [4.78, 5) is 2.47. The van der Waals surface area contributed by atoms with Crippen molar-refractivity contribution in [3.63, 3.8) is 0 Å². The average Bonchev–Trinajstić information content (AvgIpc) is 2.46. The summed E-state index contributed by atoms with van der Waals surface area (Å²) in [6.07, 6.45) is 2.42. The van der Waals surface area contributed by atoms with E-state index in [9.17, 15) is 0 Å². The van der Waals surface area contributed by atoms with Crippen LogP contribution >= 0.6 is 0 Å². The summed E-state index contributed by atoms with van der Waals surface area (Å²) >= 11 is 0. The number of rotatable bonds is 6. The minimum atomic E-state index is 0.215. The number of benzene rings is 1. The van der Waals surface area contributed by atoms with Gasteiger partial charge in [0.05, 0.1) is 13.7 Å². The summed E-state index contributed by atoms with van der Waals surface area (Å²) in [5.74, 6) is 0.921. The monoisotopic (exact) mass is 264 g/mol. The van der Waals surface area contributed by atoms with Crippen LogP contribution in [0.15, 0.2) is 24.3 Å². The topological polar surface area (TPSA) is 44.7 Å². The van der Waals surface area contributed by atoms with Crippen LogP contribution in [0.2, 0.25) is 0 Å². The van der Waals surface area contributed by atoms with Crippen molar-refractivity contribution in [1.29, 1.82) is 0 Å². The van der Waals surface area contributed by atoms with Crippen molar-refractivity contribution < 1.29 is 9.84 Å². The zero-order valence-corrected chi connectivity index (χ0v) is 11.6.